The SMILES string of the molecule is CCCC(C)(NS(=O)(=O)c1cccnc1Cl)C(=O)OC. The first-order chi connectivity index (χ1) is 9.27. The van der Waals surface area contributed by atoms with Crippen LogP contribution in [-0.2, 0) is 19.6 Å². The summed E-state index contributed by atoms with van der Waals surface area (Å²) in [6.07, 6.45) is 2.29. The summed E-state index contributed by atoms with van der Waals surface area (Å²) in [6, 6.07) is 2.77. The monoisotopic (exact) mass is 320 g/mol. The maximum Gasteiger partial charge on any atom is 0.326 e. The van der Waals surface area contributed by atoms with E-state index in [9.17, 15) is 13.2 Å². The largest absolute Gasteiger partial charge is 0.468 e. The molecule has 1 atom stereocenters. The Labute approximate surface area is 123 Å². The zero-order valence-electron chi connectivity index (χ0n) is 11.5. The smallest absolute Gasteiger partial charge is 0.326 e. The maximum absolute atomic E-state index is 12.3. The molecule has 0 saturated carbocycles. The summed E-state index contributed by atoms with van der Waals surface area (Å²) < 4.78 is 31.7. The van der Waals surface area contributed by atoms with E-state index in [0.29, 0.717) is 12.8 Å². The molecule has 0 aromatic carbocycles. The van der Waals surface area contributed by atoms with Crippen molar-refractivity contribution in [2.24, 2.45) is 0 Å². The lowest BCUT2D eigenvalue weighted by atomic mass is 9.98. The fourth-order valence-corrected chi connectivity index (χ4v) is 3.69. The van der Waals surface area contributed by atoms with Gasteiger partial charge in [-0.3, -0.25) is 4.79 Å². The van der Waals surface area contributed by atoms with Crippen LogP contribution < -0.4 is 4.72 Å². The third kappa shape index (κ3) is 3.68. The van der Waals surface area contributed by atoms with E-state index >= 15 is 0 Å². The predicted octanol–water partition coefficient (Wildman–Crippen LogP) is 1.75. The number of hydrogen-bond donors (Lipinski definition) is 1. The lowest BCUT2D eigenvalue weighted by molar-refractivity contribution is -0.147. The van der Waals surface area contributed by atoms with Crippen LogP contribution in [0.2, 0.25) is 5.15 Å². The number of pyridine rings is 1. The van der Waals surface area contributed by atoms with Gasteiger partial charge in [0.1, 0.15) is 15.6 Å². The highest BCUT2D eigenvalue weighted by atomic mass is 35.5. The molecule has 1 heterocycles. The molecule has 8 heteroatoms. The second-order valence-electron chi connectivity index (χ2n) is 4.47. The Morgan fingerprint density at radius 2 is 2.20 bits per heavy atom. The first-order valence-corrected chi connectivity index (χ1v) is 7.86. The van der Waals surface area contributed by atoms with Gasteiger partial charge in [-0.25, -0.2) is 13.4 Å². The van der Waals surface area contributed by atoms with Crippen molar-refractivity contribution in [3.05, 3.63) is 23.5 Å². The number of carbonyl (C=O) groups is 1. The summed E-state index contributed by atoms with van der Waals surface area (Å²) in [5.41, 5.74) is -1.35. The Balaban J connectivity index is 3.17. The van der Waals surface area contributed by atoms with E-state index in [1.165, 1.54) is 32.4 Å². The van der Waals surface area contributed by atoms with Crippen molar-refractivity contribution in [3.63, 3.8) is 0 Å². The summed E-state index contributed by atoms with van der Waals surface area (Å²) in [5, 5.41) is -0.149. The van der Waals surface area contributed by atoms with Crippen molar-refractivity contribution in [1.29, 1.82) is 0 Å². The van der Waals surface area contributed by atoms with Gasteiger partial charge in [-0.2, -0.15) is 4.72 Å². The summed E-state index contributed by atoms with van der Waals surface area (Å²) in [7, 11) is -2.76. The highest BCUT2D eigenvalue weighted by Gasteiger charge is 2.38. The normalized spacial score (nSPS) is 14.6. The molecule has 1 N–H and O–H groups in total. The lowest BCUT2D eigenvalue weighted by Gasteiger charge is -2.27. The Bertz CT molecular complexity index is 591. The number of hydrogen-bond acceptors (Lipinski definition) is 5. The molecule has 0 bridgehead atoms. The van der Waals surface area contributed by atoms with Crippen molar-refractivity contribution in [1.82, 2.24) is 9.71 Å². The molecule has 1 aromatic heterocycles. The molecule has 0 amide bonds. The van der Waals surface area contributed by atoms with Gasteiger partial charge < -0.3 is 4.74 Å². The Morgan fingerprint density at radius 3 is 2.70 bits per heavy atom. The van der Waals surface area contributed by atoms with Gasteiger partial charge in [-0.15, -0.1) is 0 Å². The molecule has 0 radical (unpaired) electrons. The number of aromatic nitrogens is 1. The molecule has 0 saturated heterocycles. The minimum atomic E-state index is -3.97. The van der Waals surface area contributed by atoms with Gasteiger partial charge in [0.25, 0.3) is 0 Å². The molecule has 0 aliphatic rings. The number of halogens is 1. The van der Waals surface area contributed by atoms with E-state index < -0.39 is 21.5 Å². The number of methoxy groups -OCH3 is 1. The van der Waals surface area contributed by atoms with Gasteiger partial charge in [0.2, 0.25) is 10.0 Å². The van der Waals surface area contributed by atoms with Crippen molar-refractivity contribution in [3.8, 4) is 0 Å². The van der Waals surface area contributed by atoms with Gasteiger partial charge in [0.05, 0.1) is 7.11 Å². The van der Waals surface area contributed by atoms with Crippen molar-refractivity contribution in [2.45, 2.75) is 37.1 Å². The Hall–Kier alpha value is -1.18. The van der Waals surface area contributed by atoms with E-state index in [1.54, 1.807) is 0 Å². The van der Waals surface area contributed by atoms with Gasteiger partial charge in [-0.1, -0.05) is 24.9 Å². The van der Waals surface area contributed by atoms with E-state index in [2.05, 4.69) is 14.4 Å². The number of nitrogens with zero attached hydrogens (tertiary/aromatic N) is 1. The summed E-state index contributed by atoms with van der Waals surface area (Å²) in [4.78, 5) is 15.4. The first kappa shape index (κ1) is 16.9. The number of sulfonamides is 1. The molecular formula is C12H17ClN2O4S. The molecule has 20 heavy (non-hydrogen) atoms. The second-order valence-corrected chi connectivity index (χ2v) is 6.48. The van der Waals surface area contributed by atoms with Crippen LogP contribution in [0.4, 0.5) is 0 Å². The highest BCUT2D eigenvalue weighted by molar-refractivity contribution is 7.89. The summed E-state index contributed by atoms with van der Waals surface area (Å²) in [5.74, 6) is -0.650. The number of carbonyl (C=O) groups excluding carboxylic acids is 1. The van der Waals surface area contributed by atoms with Crippen LogP contribution in [0.3, 0.4) is 0 Å². The first-order valence-electron chi connectivity index (χ1n) is 5.99. The number of esters is 1. The second kappa shape index (κ2) is 6.51. The third-order valence-electron chi connectivity index (χ3n) is 2.76. The summed E-state index contributed by atoms with van der Waals surface area (Å²) >= 11 is 5.78. The van der Waals surface area contributed by atoms with Crippen molar-refractivity contribution in [2.75, 3.05) is 7.11 Å². The van der Waals surface area contributed by atoms with Crippen LogP contribution in [0.25, 0.3) is 0 Å². The molecule has 0 aliphatic carbocycles. The average molecular weight is 321 g/mol. The Morgan fingerprint density at radius 1 is 1.55 bits per heavy atom. The molecule has 1 rings (SSSR count). The molecule has 112 valence electrons. The minimum absolute atomic E-state index is 0.149. The molecule has 6 nitrogen and oxygen atoms in total. The zero-order chi connectivity index (χ0) is 15.4. The van der Waals surface area contributed by atoms with Gasteiger partial charge in [-0.05, 0) is 25.5 Å². The van der Waals surface area contributed by atoms with Gasteiger partial charge >= 0.3 is 5.97 Å². The van der Waals surface area contributed by atoms with Gasteiger partial charge in [0, 0.05) is 6.20 Å². The maximum atomic E-state index is 12.3. The van der Waals surface area contributed by atoms with Crippen molar-refractivity contribution >= 4 is 27.6 Å². The van der Waals surface area contributed by atoms with Gasteiger partial charge in [0.15, 0.2) is 0 Å². The fourth-order valence-electron chi connectivity index (χ4n) is 1.84. The third-order valence-corrected chi connectivity index (χ3v) is 4.80. The molecular weight excluding hydrogens is 304 g/mol. The average Bonchev–Trinajstić information content (AvgIpc) is 2.37. The molecule has 1 unspecified atom stereocenters. The number of nitrogens with one attached hydrogen (secondary N) is 1. The highest BCUT2D eigenvalue weighted by Crippen LogP contribution is 2.22. The minimum Gasteiger partial charge on any atom is -0.468 e. The molecule has 0 fully saturated rings. The molecule has 1 aromatic rings. The lowest BCUT2D eigenvalue weighted by Crippen LogP contribution is -2.52. The standard InChI is InChI=1S/C12H17ClN2O4S/c1-4-7-12(2,11(16)19-3)15-20(17,18)9-6-5-8-14-10(9)13/h5-6,8,15H,4,7H2,1-3H3. The number of ether oxygens (including phenoxy) is 1. The quantitative estimate of drug-likeness (QED) is 0.637. The van der Waals surface area contributed by atoms with E-state index in [-0.39, 0.29) is 10.0 Å². The van der Waals surface area contributed by atoms with Crippen LogP contribution >= 0.6 is 11.6 Å². The van der Waals surface area contributed by atoms with E-state index in [0.717, 1.165) is 0 Å². The Kier molecular flexibility index (Phi) is 5.50. The fraction of sp³-hybridized carbons (Fsp3) is 0.500. The zero-order valence-corrected chi connectivity index (χ0v) is 13.1. The predicted molar refractivity (Wildman–Crippen MR) is 74.9 cm³/mol. The van der Waals surface area contributed by atoms with Crippen LogP contribution in [0.15, 0.2) is 23.2 Å². The topological polar surface area (TPSA) is 85.4 Å². The van der Waals surface area contributed by atoms with Crippen LogP contribution in [0.1, 0.15) is 26.7 Å². The van der Waals surface area contributed by atoms with Crippen LogP contribution in [0.5, 0.6) is 0 Å². The van der Waals surface area contributed by atoms with E-state index in [1.807, 2.05) is 6.92 Å². The van der Waals surface area contributed by atoms with Crippen LogP contribution in [0, 0.1) is 0 Å². The summed E-state index contributed by atoms with van der Waals surface area (Å²) in [6.45, 7) is 3.32. The molecule has 0 aliphatic heterocycles. The molecule has 0 spiro atoms. The van der Waals surface area contributed by atoms with Crippen molar-refractivity contribution < 1.29 is 17.9 Å². The van der Waals surface area contributed by atoms with Crippen LogP contribution in [-0.4, -0.2) is 32.0 Å². The number of rotatable bonds is 6. The van der Waals surface area contributed by atoms with E-state index in [4.69, 9.17) is 11.6 Å².